The minimum Gasteiger partial charge on any atom is -0.505 e. The summed E-state index contributed by atoms with van der Waals surface area (Å²) in [6.45, 7) is 3.90. The first-order valence-electron chi connectivity index (χ1n) is 8.69. The molecule has 26 heavy (non-hydrogen) atoms. The van der Waals surface area contributed by atoms with E-state index in [0.717, 1.165) is 47.2 Å². The second-order valence-corrected chi connectivity index (χ2v) is 7.61. The fraction of sp³-hybridized carbons (Fsp3) is 0.400. The van der Waals surface area contributed by atoms with Crippen molar-refractivity contribution < 1.29 is 18.6 Å². The third kappa shape index (κ3) is 4.61. The van der Waals surface area contributed by atoms with Crippen molar-refractivity contribution >= 4 is 15.9 Å². The molecule has 0 saturated carbocycles. The van der Waals surface area contributed by atoms with Gasteiger partial charge in [0.1, 0.15) is 5.82 Å². The van der Waals surface area contributed by atoms with Crippen molar-refractivity contribution in [3.8, 4) is 5.75 Å². The van der Waals surface area contributed by atoms with Gasteiger partial charge in [0.2, 0.25) is 0 Å². The lowest BCUT2D eigenvalue weighted by molar-refractivity contribution is 0.0669. The van der Waals surface area contributed by atoms with E-state index >= 15 is 0 Å². The molecule has 0 amide bonds. The number of aromatic hydroxyl groups is 1. The van der Waals surface area contributed by atoms with Crippen molar-refractivity contribution in [1.29, 1.82) is 0 Å². The Morgan fingerprint density at radius 1 is 1.23 bits per heavy atom. The van der Waals surface area contributed by atoms with E-state index < -0.39 is 17.4 Å². The minimum absolute atomic E-state index is 0.0580. The number of rotatable bonds is 6. The van der Waals surface area contributed by atoms with Gasteiger partial charge >= 0.3 is 0 Å². The fourth-order valence-corrected chi connectivity index (χ4v) is 3.86. The van der Waals surface area contributed by atoms with Gasteiger partial charge in [-0.25, -0.2) is 8.78 Å². The number of phenols is 1. The molecule has 2 aromatic carbocycles. The van der Waals surface area contributed by atoms with E-state index in [2.05, 4.69) is 15.9 Å². The summed E-state index contributed by atoms with van der Waals surface area (Å²) in [6.07, 6.45) is 2.00. The summed E-state index contributed by atoms with van der Waals surface area (Å²) in [5.74, 6) is -2.08. The molecular formula is C20H22BrF2NO2. The van der Waals surface area contributed by atoms with Crippen LogP contribution in [-0.4, -0.2) is 29.3 Å². The van der Waals surface area contributed by atoms with Crippen molar-refractivity contribution in [2.45, 2.75) is 39.0 Å². The zero-order chi connectivity index (χ0) is 18.7. The Bertz CT molecular complexity index is 779. The lowest BCUT2D eigenvalue weighted by atomic mass is 10.1. The molecule has 0 bridgehead atoms. The Morgan fingerprint density at radius 3 is 2.73 bits per heavy atom. The molecule has 3 nitrogen and oxygen atoms in total. The van der Waals surface area contributed by atoms with Crippen LogP contribution in [0.2, 0.25) is 0 Å². The van der Waals surface area contributed by atoms with E-state index in [0.29, 0.717) is 13.1 Å². The van der Waals surface area contributed by atoms with E-state index in [4.69, 9.17) is 4.74 Å². The summed E-state index contributed by atoms with van der Waals surface area (Å²) in [6, 6.07) is 8.18. The summed E-state index contributed by atoms with van der Waals surface area (Å²) in [5.41, 5.74) is 2.05. The first-order chi connectivity index (χ1) is 12.4. The van der Waals surface area contributed by atoms with Crippen LogP contribution in [-0.2, 0) is 17.8 Å². The molecule has 1 aliphatic heterocycles. The van der Waals surface area contributed by atoms with Crippen LogP contribution in [0.4, 0.5) is 8.78 Å². The average molecular weight is 426 g/mol. The van der Waals surface area contributed by atoms with Gasteiger partial charge in [-0.1, -0.05) is 28.1 Å². The summed E-state index contributed by atoms with van der Waals surface area (Å²) in [5, 5.41) is 9.59. The summed E-state index contributed by atoms with van der Waals surface area (Å²) in [4.78, 5) is 1.96. The van der Waals surface area contributed by atoms with Gasteiger partial charge < -0.3 is 9.84 Å². The van der Waals surface area contributed by atoms with Gasteiger partial charge in [-0.15, -0.1) is 0 Å². The molecule has 2 aromatic rings. The number of hydrogen-bond acceptors (Lipinski definition) is 3. The number of aryl methyl sites for hydroxylation is 1. The SMILES string of the molecule is Cc1ccc(CN(Cc2c(F)ccc(O)c2F)CC2CCCO2)c(Br)c1. The highest BCUT2D eigenvalue weighted by atomic mass is 79.9. The highest BCUT2D eigenvalue weighted by molar-refractivity contribution is 9.10. The van der Waals surface area contributed by atoms with Crippen molar-refractivity contribution in [2.24, 2.45) is 0 Å². The summed E-state index contributed by atoms with van der Waals surface area (Å²) in [7, 11) is 0. The Morgan fingerprint density at radius 2 is 2.04 bits per heavy atom. The zero-order valence-electron chi connectivity index (χ0n) is 14.6. The molecule has 3 rings (SSSR count). The number of ether oxygens (including phenoxy) is 1. The van der Waals surface area contributed by atoms with Crippen molar-refractivity contribution in [3.63, 3.8) is 0 Å². The number of halogens is 3. The lowest BCUT2D eigenvalue weighted by Crippen LogP contribution is -2.32. The molecule has 0 radical (unpaired) electrons. The van der Waals surface area contributed by atoms with Crippen molar-refractivity contribution in [3.05, 3.63) is 63.1 Å². The molecular weight excluding hydrogens is 404 g/mol. The smallest absolute Gasteiger partial charge is 0.172 e. The quantitative estimate of drug-likeness (QED) is 0.712. The third-order valence-corrected chi connectivity index (χ3v) is 5.37. The molecule has 1 aliphatic rings. The van der Waals surface area contributed by atoms with Crippen LogP contribution in [0.5, 0.6) is 5.75 Å². The zero-order valence-corrected chi connectivity index (χ0v) is 16.2. The molecule has 1 fully saturated rings. The van der Waals surface area contributed by atoms with Gasteiger partial charge in [0.25, 0.3) is 0 Å². The van der Waals surface area contributed by atoms with Gasteiger partial charge in [-0.2, -0.15) is 0 Å². The lowest BCUT2D eigenvalue weighted by Gasteiger charge is -2.26. The van der Waals surface area contributed by atoms with E-state index in [1.807, 2.05) is 30.0 Å². The molecule has 1 atom stereocenters. The molecule has 140 valence electrons. The Balaban J connectivity index is 1.84. The van der Waals surface area contributed by atoms with Crippen molar-refractivity contribution in [2.75, 3.05) is 13.2 Å². The molecule has 0 aromatic heterocycles. The number of benzene rings is 2. The maximum atomic E-state index is 14.3. The number of phenolic OH excluding ortho intramolecular Hbond substituents is 1. The predicted octanol–water partition coefficient (Wildman–Crippen LogP) is 4.92. The summed E-state index contributed by atoms with van der Waals surface area (Å²) >= 11 is 3.57. The summed E-state index contributed by atoms with van der Waals surface area (Å²) < 4.78 is 35.1. The third-order valence-electron chi connectivity index (χ3n) is 4.64. The molecule has 1 N–H and O–H groups in total. The topological polar surface area (TPSA) is 32.7 Å². The first-order valence-corrected chi connectivity index (χ1v) is 9.48. The molecule has 1 heterocycles. The standard InChI is InChI=1S/C20H22BrF2NO2/c1-13-4-5-14(17(21)9-13)10-24(11-15-3-2-8-26-15)12-16-18(22)6-7-19(25)20(16)23/h4-7,9,15,25H,2-3,8,10-12H2,1H3. The maximum absolute atomic E-state index is 14.3. The van der Waals surface area contributed by atoms with Crippen molar-refractivity contribution in [1.82, 2.24) is 4.90 Å². The van der Waals surface area contributed by atoms with Gasteiger partial charge in [-0.05, 0) is 49.1 Å². The van der Waals surface area contributed by atoms with E-state index in [9.17, 15) is 13.9 Å². The second kappa shape index (κ2) is 8.46. The number of hydrogen-bond donors (Lipinski definition) is 1. The molecule has 6 heteroatoms. The largest absolute Gasteiger partial charge is 0.505 e. The number of nitrogens with zero attached hydrogens (tertiary/aromatic N) is 1. The highest BCUT2D eigenvalue weighted by Gasteiger charge is 2.23. The Hall–Kier alpha value is -1.50. The predicted molar refractivity (Wildman–Crippen MR) is 100.0 cm³/mol. The van der Waals surface area contributed by atoms with Gasteiger partial charge in [-0.3, -0.25) is 4.90 Å². The Labute approximate surface area is 160 Å². The molecule has 1 unspecified atom stereocenters. The normalized spacial score (nSPS) is 17.2. The highest BCUT2D eigenvalue weighted by Crippen LogP contribution is 2.26. The van der Waals surface area contributed by atoms with Gasteiger partial charge in [0, 0.05) is 36.3 Å². The van der Waals surface area contributed by atoms with Crippen LogP contribution >= 0.6 is 15.9 Å². The Kier molecular flexibility index (Phi) is 6.27. The van der Waals surface area contributed by atoms with Gasteiger partial charge in [0.05, 0.1) is 6.10 Å². The maximum Gasteiger partial charge on any atom is 0.172 e. The van der Waals surface area contributed by atoms with Crippen LogP contribution in [0, 0.1) is 18.6 Å². The minimum atomic E-state index is -0.898. The van der Waals surface area contributed by atoms with Crippen LogP contribution < -0.4 is 0 Å². The fourth-order valence-electron chi connectivity index (χ4n) is 3.24. The van der Waals surface area contributed by atoms with E-state index in [1.165, 1.54) is 0 Å². The van der Waals surface area contributed by atoms with Crippen LogP contribution in [0.1, 0.15) is 29.5 Å². The van der Waals surface area contributed by atoms with Crippen LogP contribution in [0.25, 0.3) is 0 Å². The monoisotopic (exact) mass is 425 g/mol. The van der Waals surface area contributed by atoms with Gasteiger partial charge in [0.15, 0.2) is 11.6 Å². The van der Waals surface area contributed by atoms with Crippen LogP contribution in [0.3, 0.4) is 0 Å². The average Bonchev–Trinajstić information content (AvgIpc) is 3.10. The molecule has 0 spiro atoms. The second-order valence-electron chi connectivity index (χ2n) is 6.76. The van der Waals surface area contributed by atoms with Crippen LogP contribution in [0.15, 0.2) is 34.8 Å². The molecule has 1 saturated heterocycles. The molecule has 0 aliphatic carbocycles. The first kappa shape index (κ1) is 19.3. The van der Waals surface area contributed by atoms with E-state index in [1.54, 1.807) is 0 Å². The van der Waals surface area contributed by atoms with E-state index in [-0.39, 0.29) is 18.2 Å².